The van der Waals surface area contributed by atoms with Crippen LogP contribution in [0.3, 0.4) is 0 Å². The van der Waals surface area contributed by atoms with Crippen LogP contribution in [0.5, 0.6) is 0 Å². The highest BCUT2D eigenvalue weighted by Gasteiger charge is 2.20. The molecule has 1 aliphatic heterocycles. The Bertz CT molecular complexity index is 389. The lowest BCUT2D eigenvalue weighted by atomic mass is 9.56. The number of hydrogen-bond acceptors (Lipinski definition) is 2. The molecule has 0 spiro atoms. The molecule has 0 unspecified atom stereocenters. The van der Waals surface area contributed by atoms with E-state index < -0.39 is 0 Å². The summed E-state index contributed by atoms with van der Waals surface area (Å²) in [7, 11) is 2.05. The van der Waals surface area contributed by atoms with Crippen LogP contribution in [0.4, 0.5) is 0 Å². The fourth-order valence-electron chi connectivity index (χ4n) is 1.48. The van der Waals surface area contributed by atoms with Crippen molar-refractivity contribution in [3.8, 4) is 0 Å². The number of halogens is 1. The van der Waals surface area contributed by atoms with E-state index in [0.717, 1.165) is 10.2 Å². The van der Waals surface area contributed by atoms with Crippen LogP contribution >= 0.6 is 15.9 Å². The summed E-state index contributed by atoms with van der Waals surface area (Å²) in [5, 5.41) is 0. The van der Waals surface area contributed by atoms with E-state index in [4.69, 9.17) is 0 Å². The van der Waals surface area contributed by atoms with Gasteiger partial charge < -0.3 is 4.81 Å². The average molecular weight is 249 g/mol. The molecule has 4 heteroatoms. The third-order valence-electron chi connectivity index (χ3n) is 2.20. The van der Waals surface area contributed by atoms with Crippen molar-refractivity contribution in [2.75, 3.05) is 7.05 Å². The van der Waals surface area contributed by atoms with E-state index in [-0.39, 0.29) is 6.85 Å². The summed E-state index contributed by atoms with van der Waals surface area (Å²) < 4.78 is 0.881. The molecule has 2 nitrogen and oxygen atoms in total. The van der Waals surface area contributed by atoms with Gasteiger partial charge in [0.05, 0.1) is 0 Å². The Balaban J connectivity index is 2.31. The SMILES string of the molecule is CN1C=CC=CB1c1cccc(Br)n1. The first-order valence-corrected chi connectivity index (χ1v) is 5.26. The highest BCUT2D eigenvalue weighted by atomic mass is 79.9. The lowest BCUT2D eigenvalue weighted by Gasteiger charge is -2.22. The summed E-state index contributed by atoms with van der Waals surface area (Å²) in [5.74, 6) is 2.13. The maximum atomic E-state index is 4.44. The molecule has 0 radical (unpaired) electrons. The molecule has 1 aliphatic rings. The van der Waals surface area contributed by atoms with Crippen LogP contribution in [0.15, 0.2) is 47.1 Å². The summed E-state index contributed by atoms with van der Waals surface area (Å²) in [6, 6.07) is 5.98. The Morgan fingerprint density at radius 1 is 1.36 bits per heavy atom. The third kappa shape index (κ3) is 1.90. The van der Waals surface area contributed by atoms with Crippen molar-refractivity contribution in [1.29, 1.82) is 0 Å². The minimum atomic E-state index is 0.248. The number of allylic oxidation sites excluding steroid dienone is 2. The second-order valence-electron chi connectivity index (χ2n) is 3.22. The van der Waals surface area contributed by atoms with Crippen molar-refractivity contribution >= 4 is 28.4 Å². The van der Waals surface area contributed by atoms with Gasteiger partial charge in [-0.25, -0.2) is 0 Å². The standard InChI is InChI=1S/C10H10BBrN2/c1-14-8-3-2-7-11(14)9-5-4-6-10(12)13-9/h2-8H,1H3. The maximum Gasteiger partial charge on any atom is 0.335 e. The Morgan fingerprint density at radius 2 is 2.21 bits per heavy atom. The lowest BCUT2D eigenvalue weighted by Crippen LogP contribution is -2.44. The molecule has 14 heavy (non-hydrogen) atoms. The van der Waals surface area contributed by atoms with Crippen LogP contribution in [0.25, 0.3) is 0 Å². The second kappa shape index (κ2) is 4.01. The van der Waals surface area contributed by atoms with Crippen LogP contribution < -0.4 is 5.59 Å². The number of hydrogen-bond donors (Lipinski definition) is 0. The molecule has 2 rings (SSSR count). The molecule has 0 atom stereocenters. The van der Waals surface area contributed by atoms with Crippen LogP contribution in [0, 0.1) is 0 Å². The van der Waals surface area contributed by atoms with Gasteiger partial charge in [-0.3, -0.25) is 4.98 Å². The molecule has 1 aromatic rings. The van der Waals surface area contributed by atoms with Gasteiger partial charge >= 0.3 is 6.85 Å². The fraction of sp³-hybridized carbons (Fsp3) is 0.100. The third-order valence-corrected chi connectivity index (χ3v) is 2.65. The van der Waals surface area contributed by atoms with Gasteiger partial charge in [-0.2, -0.15) is 0 Å². The zero-order chi connectivity index (χ0) is 9.97. The molecule has 0 bridgehead atoms. The van der Waals surface area contributed by atoms with Gasteiger partial charge in [0, 0.05) is 5.59 Å². The smallest absolute Gasteiger partial charge is 0.335 e. The molecular weight excluding hydrogens is 239 g/mol. The number of nitrogens with zero attached hydrogens (tertiary/aromatic N) is 2. The zero-order valence-electron chi connectivity index (χ0n) is 7.89. The van der Waals surface area contributed by atoms with Crippen LogP contribution in [-0.2, 0) is 0 Å². The molecule has 1 aromatic heterocycles. The van der Waals surface area contributed by atoms with Crippen molar-refractivity contribution in [1.82, 2.24) is 9.79 Å². The largest absolute Gasteiger partial charge is 0.415 e. The van der Waals surface area contributed by atoms with Gasteiger partial charge in [0.25, 0.3) is 0 Å². The summed E-state index contributed by atoms with van der Waals surface area (Å²) in [4.78, 5) is 6.57. The monoisotopic (exact) mass is 248 g/mol. The first kappa shape index (κ1) is 9.53. The molecule has 0 aromatic carbocycles. The van der Waals surface area contributed by atoms with Gasteiger partial charge in [0.15, 0.2) is 0 Å². The van der Waals surface area contributed by atoms with Crippen molar-refractivity contribution < 1.29 is 0 Å². The average Bonchev–Trinajstić information content (AvgIpc) is 2.18. The molecule has 0 saturated carbocycles. The topological polar surface area (TPSA) is 16.1 Å². The van der Waals surface area contributed by atoms with Crippen molar-refractivity contribution in [2.24, 2.45) is 0 Å². The summed E-state index contributed by atoms with van der Waals surface area (Å²) >= 11 is 3.38. The van der Waals surface area contributed by atoms with Gasteiger partial charge in [0.1, 0.15) is 4.60 Å². The van der Waals surface area contributed by atoms with E-state index >= 15 is 0 Å². The first-order chi connectivity index (χ1) is 6.77. The van der Waals surface area contributed by atoms with E-state index in [9.17, 15) is 0 Å². The minimum absolute atomic E-state index is 0.248. The highest BCUT2D eigenvalue weighted by molar-refractivity contribution is 9.10. The minimum Gasteiger partial charge on any atom is -0.415 e. The predicted molar refractivity (Wildman–Crippen MR) is 63.4 cm³/mol. The molecule has 0 saturated heterocycles. The molecule has 0 aliphatic carbocycles. The number of aromatic nitrogens is 1. The quantitative estimate of drug-likeness (QED) is 0.555. The van der Waals surface area contributed by atoms with E-state index in [1.54, 1.807) is 0 Å². The Hall–Kier alpha value is -1.03. The molecule has 0 amide bonds. The Kier molecular flexibility index (Phi) is 2.73. The summed E-state index contributed by atoms with van der Waals surface area (Å²) in [5.41, 5.74) is 1.06. The Labute approximate surface area is 92.6 Å². The van der Waals surface area contributed by atoms with E-state index in [0.29, 0.717) is 0 Å². The van der Waals surface area contributed by atoms with Crippen molar-refractivity contribution in [2.45, 2.75) is 0 Å². The van der Waals surface area contributed by atoms with E-state index in [1.165, 1.54) is 0 Å². The van der Waals surface area contributed by atoms with Gasteiger partial charge in [-0.05, 0) is 47.4 Å². The van der Waals surface area contributed by atoms with E-state index in [2.05, 4.69) is 31.7 Å². The maximum absolute atomic E-state index is 4.44. The molecule has 2 heterocycles. The van der Waals surface area contributed by atoms with Crippen LogP contribution in [0.1, 0.15) is 0 Å². The van der Waals surface area contributed by atoms with Gasteiger partial charge in [-0.15, -0.1) is 0 Å². The highest BCUT2D eigenvalue weighted by Crippen LogP contribution is 2.05. The van der Waals surface area contributed by atoms with Crippen LogP contribution in [-0.4, -0.2) is 23.7 Å². The van der Waals surface area contributed by atoms with Gasteiger partial charge in [-0.1, -0.05) is 18.1 Å². The van der Waals surface area contributed by atoms with Gasteiger partial charge in [0.2, 0.25) is 0 Å². The number of pyridine rings is 1. The summed E-state index contributed by atoms with van der Waals surface area (Å²) in [6.45, 7) is 0.248. The second-order valence-corrected chi connectivity index (χ2v) is 4.03. The number of rotatable bonds is 1. The fourth-order valence-corrected chi connectivity index (χ4v) is 1.84. The summed E-state index contributed by atoms with van der Waals surface area (Å²) in [6.07, 6.45) is 6.12. The van der Waals surface area contributed by atoms with Crippen molar-refractivity contribution in [3.63, 3.8) is 0 Å². The Morgan fingerprint density at radius 3 is 2.93 bits per heavy atom. The molecule has 0 N–H and O–H groups in total. The zero-order valence-corrected chi connectivity index (χ0v) is 9.48. The first-order valence-electron chi connectivity index (χ1n) is 4.47. The van der Waals surface area contributed by atoms with Crippen molar-refractivity contribution in [3.05, 3.63) is 47.1 Å². The van der Waals surface area contributed by atoms with Crippen LogP contribution in [0.2, 0.25) is 0 Å². The predicted octanol–water partition coefficient (Wildman–Crippen LogP) is 1.60. The molecule has 0 fully saturated rings. The molecular formula is C10H10BBrN2. The van der Waals surface area contributed by atoms with E-state index in [1.807, 2.05) is 43.6 Å². The normalized spacial score (nSPS) is 15.0. The lowest BCUT2D eigenvalue weighted by molar-refractivity contribution is 0.720. The molecule has 70 valence electrons.